The zero-order valence-electron chi connectivity index (χ0n) is 10.9. The molecule has 0 saturated carbocycles. The molecule has 0 spiro atoms. The molecule has 2 N–H and O–H groups in total. The van der Waals surface area contributed by atoms with Crippen molar-refractivity contribution in [1.82, 2.24) is 0 Å². The maximum atomic E-state index is 11.0. The summed E-state index contributed by atoms with van der Waals surface area (Å²) in [6.45, 7) is 2.04. The van der Waals surface area contributed by atoms with E-state index in [9.17, 15) is 14.9 Å². The molecule has 1 aromatic carbocycles. The number of ether oxygens (including phenoxy) is 1. The average Bonchev–Trinajstić information content (AvgIpc) is 2.91. The number of carboxylic acids is 1. The molecule has 0 amide bonds. The monoisotopic (exact) mass is 280 g/mol. The zero-order chi connectivity index (χ0) is 14.5. The highest BCUT2D eigenvalue weighted by molar-refractivity contribution is 5.95. The van der Waals surface area contributed by atoms with E-state index < -0.39 is 10.9 Å². The largest absolute Gasteiger partial charge is 0.477 e. The molecule has 1 saturated heterocycles. The van der Waals surface area contributed by atoms with Crippen molar-refractivity contribution in [2.75, 3.05) is 25.1 Å². The molecule has 1 aliphatic rings. The lowest BCUT2D eigenvalue weighted by Crippen LogP contribution is -2.12. The van der Waals surface area contributed by atoms with Crippen molar-refractivity contribution < 1.29 is 19.6 Å². The van der Waals surface area contributed by atoms with Gasteiger partial charge in [-0.15, -0.1) is 0 Å². The molecule has 7 heteroatoms. The fourth-order valence-electron chi connectivity index (χ4n) is 2.28. The molecular weight excluding hydrogens is 264 g/mol. The molecule has 1 aliphatic heterocycles. The van der Waals surface area contributed by atoms with E-state index in [1.165, 1.54) is 18.2 Å². The maximum absolute atomic E-state index is 11.0. The second-order valence-corrected chi connectivity index (χ2v) is 4.71. The van der Waals surface area contributed by atoms with Crippen LogP contribution in [0.4, 0.5) is 11.4 Å². The van der Waals surface area contributed by atoms with Crippen LogP contribution < -0.4 is 5.32 Å². The van der Waals surface area contributed by atoms with E-state index in [4.69, 9.17) is 9.84 Å². The predicted octanol–water partition coefficient (Wildman–Crippen LogP) is 2.13. The van der Waals surface area contributed by atoms with E-state index in [0.29, 0.717) is 12.5 Å². The summed E-state index contributed by atoms with van der Waals surface area (Å²) in [5.74, 6) is -0.839. The number of nitro groups is 1. The Morgan fingerprint density at radius 3 is 2.95 bits per heavy atom. The molecule has 0 aliphatic carbocycles. The Balaban J connectivity index is 2.08. The van der Waals surface area contributed by atoms with Crippen LogP contribution in [-0.2, 0) is 4.74 Å². The topological polar surface area (TPSA) is 102 Å². The molecule has 1 aromatic rings. The van der Waals surface area contributed by atoms with Crippen molar-refractivity contribution in [3.8, 4) is 0 Å². The first-order valence-corrected chi connectivity index (χ1v) is 6.42. The molecule has 2 rings (SSSR count). The van der Waals surface area contributed by atoms with E-state index in [0.717, 1.165) is 26.1 Å². The van der Waals surface area contributed by atoms with Gasteiger partial charge in [0.15, 0.2) is 0 Å². The number of para-hydroxylation sites is 1. The Bertz CT molecular complexity index is 511. The third-order valence-electron chi connectivity index (χ3n) is 3.34. The molecule has 1 fully saturated rings. The first kappa shape index (κ1) is 14.3. The van der Waals surface area contributed by atoms with Crippen molar-refractivity contribution in [3.63, 3.8) is 0 Å². The summed E-state index contributed by atoms with van der Waals surface area (Å²) >= 11 is 0. The van der Waals surface area contributed by atoms with Gasteiger partial charge in [0, 0.05) is 19.8 Å². The van der Waals surface area contributed by atoms with Gasteiger partial charge in [0.05, 0.1) is 4.92 Å². The number of hydrogen-bond acceptors (Lipinski definition) is 5. The number of nitrogens with zero attached hydrogens (tertiary/aromatic N) is 1. The highest BCUT2D eigenvalue weighted by Crippen LogP contribution is 2.29. The highest BCUT2D eigenvalue weighted by Gasteiger charge is 2.24. The van der Waals surface area contributed by atoms with Gasteiger partial charge in [-0.3, -0.25) is 10.1 Å². The molecule has 1 atom stereocenters. The lowest BCUT2D eigenvalue weighted by atomic mass is 10.1. The molecule has 20 heavy (non-hydrogen) atoms. The van der Waals surface area contributed by atoms with Crippen molar-refractivity contribution in [2.45, 2.75) is 12.8 Å². The van der Waals surface area contributed by atoms with Gasteiger partial charge in [-0.05, 0) is 30.9 Å². The zero-order valence-corrected chi connectivity index (χ0v) is 10.9. The average molecular weight is 280 g/mol. The number of nitro benzene ring substituents is 1. The van der Waals surface area contributed by atoms with Gasteiger partial charge < -0.3 is 15.2 Å². The van der Waals surface area contributed by atoms with Crippen LogP contribution in [0, 0.1) is 16.0 Å². The van der Waals surface area contributed by atoms with E-state index in [2.05, 4.69) is 5.32 Å². The smallest absolute Gasteiger partial charge is 0.342 e. The molecule has 1 heterocycles. The van der Waals surface area contributed by atoms with Gasteiger partial charge in [0.2, 0.25) is 0 Å². The minimum Gasteiger partial charge on any atom is -0.477 e. The standard InChI is InChI=1S/C13H16N2O5/c16-13(17)10-2-1-3-11(12(10)15(18)19)14-6-4-9-5-7-20-8-9/h1-3,9,14H,4-8H2,(H,16,17). The number of carboxylic acid groups (broad SMARTS) is 1. The summed E-state index contributed by atoms with van der Waals surface area (Å²) in [6, 6.07) is 4.25. The highest BCUT2D eigenvalue weighted by atomic mass is 16.6. The van der Waals surface area contributed by atoms with Gasteiger partial charge in [-0.25, -0.2) is 4.79 Å². The second-order valence-electron chi connectivity index (χ2n) is 4.71. The Hall–Kier alpha value is -2.15. The summed E-state index contributed by atoms with van der Waals surface area (Å²) in [7, 11) is 0. The third kappa shape index (κ3) is 3.24. The van der Waals surface area contributed by atoms with Crippen LogP contribution in [0.25, 0.3) is 0 Å². The number of anilines is 1. The normalized spacial score (nSPS) is 17.9. The molecular formula is C13H16N2O5. The predicted molar refractivity (Wildman–Crippen MR) is 72.1 cm³/mol. The van der Waals surface area contributed by atoms with Crippen LogP contribution in [0.1, 0.15) is 23.2 Å². The maximum Gasteiger partial charge on any atom is 0.342 e. The minimum absolute atomic E-state index is 0.244. The fraction of sp³-hybridized carbons (Fsp3) is 0.462. The summed E-state index contributed by atoms with van der Waals surface area (Å²) in [4.78, 5) is 21.4. The van der Waals surface area contributed by atoms with Gasteiger partial charge in [0.25, 0.3) is 0 Å². The molecule has 108 valence electrons. The number of hydrogen-bond donors (Lipinski definition) is 2. The van der Waals surface area contributed by atoms with Crippen LogP contribution in [0.2, 0.25) is 0 Å². The summed E-state index contributed by atoms with van der Waals surface area (Å²) in [5.41, 5.74) is -0.444. The van der Waals surface area contributed by atoms with Crippen LogP contribution in [0.3, 0.4) is 0 Å². The van der Waals surface area contributed by atoms with E-state index in [1.807, 2.05) is 0 Å². The Kier molecular flexibility index (Phi) is 4.52. The van der Waals surface area contributed by atoms with Crippen molar-refractivity contribution in [1.29, 1.82) is 0 Å². The van der Waals surface area contributed by atoms with Crippen LogP contribution >= 0.6 is 0 Å². The summed E-state index contributed by atoms with van der Waals surface area (Å²) < 4.78 is 5.26. The first-order chi connectivity index (χ1) is 9.59. The van der Waals surface area contributed by atoms with Gasteiger partial charge in [0.1, 0.15) is 11.3 Å². The Morgan fingerprint density at radius 1 is 1.55 bits per heavy atom. The SMILES string of the molecule is O=C(O)c1cccc(NCCC2CCOC2)c1[N+](=O)[O-]. The van der Waals surface area contributed by atoms with Crippen LogP contribution in [0.15, 0.2) is 18.2 Å². The number of aromatic carboxylic acids is 1. The van der Waals surface area contributed by atoms with E-state index >= 15 is 0 Å². The lowest BCUT2D eigenvalue weighted by molar-refractivity contribution is -0.384. The van der Waals surface area contributed by atoms with E-state index in [-0.39, 0.29) is 16.9 Å². The Labute approximate surface area is 115 Å². The van der Waals surface area contributed by atoms with Crippen molar-refractivity contribution >= 4 is 17.3 Å². The lowest BCUT2D eigenvalue weighted by Gasteiger charge is -2.11. The first-order valence-electron chi connectivity index (χ1n) is 6.42. The summed E-state index contributed by atoms with van der Waals surface area (Å²) in [5, 5.41) is 23.0. The van der Waals surface area contributed by atoms with Crippen LogP contribution in [0.5, 0.6) is 0 Å². The number of rotatable bonds is 6. The summed E-state index contributed by atoms with van der Waals surface area (Å²) in [6.07, 6.45) is 1.84. The fourth-order valence-corrected chi connectivity index (χ4v) is 2.28. The third-order valence-corrected chi connectivity index (χ3v) is 3.34. The molecule has 7 nitrogen and oxygen atoms in total. The quantitative estimate of drug-likeness (QED) is 0.611. The van der Waals surface area contributed by atoms with Gasteiger partial charge >= 0.3 is 11.7 Å². The molecule has 0 radical (unpaired) electrons. The van der Waals surface area contributed by atoms with E-state index in [1.54, 1.807) is 0 Å². The van der Waals surface area contributed by atoms with Gasteiger partial charge in [-0.1, -0.05) is 6.07 Å². The molecule has 0 bridgehead atoms. The Morgan fingerprint density at radius 2 is 2.35 bits per heavy atom. The van der Waals surface area contributed by atoms with Crippen molar-refractivity contribution in [3.05, 3.63) is 33.9 Å². The molecule has 1 unspecified atom stereocenters. The second kappa shape index (κ2) is 6.33. The number of carbonyl (C=O) groups is 1. The minimum atomic E-state index is -1.30. The number of benzene rings is 1. The van der Waals surface area contributed by atoms with Crippen molar-refractivity contribution in [2.24, 2.45) is 5.92 Å². The van der Waals surface area contributed by atoms with Crippen LogP contribution in [-0.4, -0.2) is 35.8 Å². The number of nitrogens with one attached hydrogen (secondary N) is 1. The molecule has 0 aromatic heterocycles. The van der Waals surface area contributed by atoms with Gasteiger partial charge in [-0.2, -0.15) is 0 Å².